The maximum Gasteiger partial charge on any atom is 0.276 e. The summed E-state index contributed by atoms with van der Waals surface area (Å²) in [4.78, 5) is 37.4. The summed E-state index contributed by atoms with van der Waals surface area (Å²) in [6.07, 6.45) is 0.395. The van der Waals surface area contributed by atoms with Gasteiger partial charge in [-0.3, -0.25) is 19.1 Å². The van der Waals surface area contributed by atoms with Crippen molar-refractivity contribution >= 4 is 17.6 Å². The first-order valence-corrected chi connectivity index (χ1v) is 6.72. The summed E-state index contributed by atoms with van der Waals surface area (Å²) in [6.45, 7) is 1.63. The van der Waals surface area contributed by atoms with E-state index in [9.17, 15) is 14.4 Å². The Morgan fingerprint density at radius 1 is 0.952 bits per heavy atom. The summed E-state index contributed by atoms with van der Waals surface area (Å²) >= 11 is 0. The van der Waals surface area contributed by atoms with Crippen molar-refractivity contribution in [3.63, 3.8) is 0 Å². The minimum absolute atomic E-state index is 0.197. The standard InChI is InChI=1S/C15H15N3O3/c1-10-14(17-12(19)8-9-13(17)20)16(2)18(15(10)21)11-6-4-3-5-7-11/h3-7H,8-9H2,1-2H3. The Morgan fingerprint density at radius 3 is 2.10 bits per heavy atom. The Kier molecular flexibility index (Phi) is 3.01. The predicted molar refractivity (Wildman–Crippen MR) is 77.5 cm³/mol. The third-order valence-electron chi connectivity index (χ3n) is 3.72. The fraction of sp³-hybridized carbons (Fsp3) is 0.267. The SMILES string of the molecule is Cc1c(N2C(=O)CCC2=O)n(C)n(-c2ccccc2)c1=O. The van der Waals surface area contributed by atoms with Gasteiger partial charge in [0.25, 0.3) is 5.56 Å². The number of amides is 2. The summed E-state index contributed by atoms with van der Waals surface area (Å²) in [7, 11) is 1.68. The number of hydrogen-bond donors (Lipinski definition) is 0. The van der Waals surface area contributed by atoms with Crippen molar-refractivity contribution in [3.8, 4) is 5.69 Å². The highest BCUT2D eigenvalue weighted by Crippen LogP contribution is 2.25. The quantitative estimate of drug-likeness (QED) is 0.777. The summed E-state index contributed by atoms with van der Waals surface area (Å²) in [6, 6.07) is 9.13. The first kappa shape index (κ1) is 13.4. The van der Waals surface area contributed by atoms with E-state index >= 15 is 0 Å². The van der Waals surface area contributed by atoms with E-state index in [0.29, 0.717) is 17.1 Å². The molecule has 3 rings (SSSR count). The monoisotopic (exact) mass is 285 g/mol. The van der Waals surface area contributed by atoms with Gasteiger partial charge in [-0.2, -0.15) is 0 Å². The van der Waals surface area contributed by atoms with E-state index < -0.39 is 0 Å². The van der Waals surface area contributed by atoms with Crippen molar-refractivity contribution in [2.45, 2.75) is 19.8 Å². The lowest BCUT2D eigenvalue weighted by molar-refractivity contribution is -0.121. The van der Waals surface area contributed by atoms with Crippen LogP contribution >= 0.6 is 0 Å². The zero-order valence-electron chi connectivity index (χ0n) is 11.9. The second-order valence-corrected chi connectivity index (χ2v) is 5.05. The second-order valence-electron chi connectivity index (χ2n) is 5.05. The molecule has 0 bridgehead atoms. The van der Waals surface area contributed by atoms with Gasteiger partial charge in [-0.25, -0.2) is 9.58 Å². The minimum Gasteiger partial charge on any atom is -0.274 e. The zero-order chi connectivity index (χ0) is 15.1. The number of para-hydroxylation sites is 1. The van der Waals surface area contributed by atoms with Crippen LogP contribution in [0.5, 0.6) is 0 Å². The molecule has 0 saturated carbocycles. The lowest BCUT2D eigenvalue weighted by Gasteiger charge is -2.17. The molecule has 0 spiro atoms. The Morgan fingerprint density at radius 2 is 1.52 bits per heavy atom. The fourth-order valence-electron chi connectivity index (χ4n) is 2.71. The molecular weight excluding hydrogens is 270 g/mol. The molecule has 2 amide bonds. The number of imide groups is 1. The number of aromatic nitrogens is 2. The molecule has 1 saturated heterocycles. The molecule has 0 unspecified atom stereocenters. The molecule has 0 radical (unpaired) electrons. The molecule has 108 valence electrons. The van der Waals surface area contributed by atoms with Crippen LogP contribution in [0.3, 0.4) is 0 Å². The summed E-state index contributed by atoms with van der Waals surface area (Å²) in [5, 5.41) is 0. The van der Waals surface area contributed by atoms with Crippen LogP contribution in [0.15, 0.2) is 35.1 Å². The largest absolute Gasteiger partial charge is 0.276 e. The van der Waals surface area contributed by atoms with Gasteiger partial charge in [-0.1, -0.05) is 18.2 Å². The van der Waals surface area contributed by atoms with Crippen LogP contribution in [0.2, 0.25) is 0 Å². The van der Waals surface area contributed by atoms with E-state index in [0.717, 1.165) is 4.90 Å². The molecule has 2 heterocycles. The van der Waals surface area contributed by atoms with Gasteiger partial charge in [-0.15, -0.1) is 0 Å². The Labute approximate surface area is 121 Å². The highest BCUT2D eigenvalue weighted by molar-refractivity contribution is 6.19. The number of rotatable bonds is 2. The third kappa shape index (κ3) is 1.91. The molecule has 0 N–H and O–H groups in total. The number of carbonyl (C=O) groups is 2. The van der Waals surface area contributed by atoms with Gasteiger partial charge in [0.1, 0.15) is 5.82 Å². The fourth-order valence-corrected chi connectivity index (χ4v) is 2.71. The molecule has 1 aliphatic rings. The topological polar surface area (TPSA) is 64.3 Å². The molecular formula is C15H15N3O3. The number of nitrogens with zero attached hydrogens (tertiary/aromatic N) is 3. The summed E-state index contributed by atoms with van der Waals surface area (Å²) in [5.74, 6) is -0.163. The van der Waals surface area contributed by atoms with Crippen LogP contribution in [0.1, 0.15) is 18.4 Å². The Bertz CT molecular complexity index is 770. The highest BCUT2D eigenvalue weighted by Gasteiger charge is 2.35. The van der Waals surface area contributed by atoms with E-state index in [4.69, 9.17) is 0 Å². The first-order chi connectivity index (χ1) is 10.0. The van der Waals surface area contributed by atoms with Gasteiger partial charge in [0.2, 0.25) is 11.8 Å². The molecule has 1 aromatic heterocycles. The van der Waals surface area contributed by atoms with Gasteiger partial charge < -0.3 is 0 Å². The van der Waals surface area contributed by atoms with Crippen molar-refractivity contribution < 1.29 is 9.59 Å². The Balaban J connectivity index is 2.23. The van der Waals surface area contributed by atoms with Gasteiger partial charge in [0.05, 0.1) is 11.3 Å². The molecule has 0 aliphatic carbocycles. The lowest BCUT2D eigenvalue weighted by atomic mass is 10.3. The number of benzene rings is 1. The first-order valence-electron chi connectivity index (χ1n) is 6.72. The van der Waals surface area contributed by atoms with E-state index in [2.05, 4.69) is 0 Å². The minimum atomic E-state index is -0.260. The smallest absolute Gasteiger partial charge is 0.274 e. The van der Waals surface area contributed by atoms with Gasteiger partial charge >= 0.3 is 0 Å². The van der Waals surface area contributed by atoms with Crippen molar-refractivity contribution in [2.75, 3.05) is 4.90 Å². The van der Waals surface area contributed by atoms with E-state index in [-0.39, 0.29) is 30.2 Å². The van der Waals surface area contributed by atoms with E-state index in [1.807, 2.05) is 18.2 Å². The number of hydrogen-bond acceptors (Lipinski definition) is 3. The van der Waals surface area contributed by atoms with Gasteiger partial charge in [-0.05, 0) is 19.1 Å². The van der Waals surface area contributed by atoms with Crippen molar-refractivity contribution in [3.05, 3.63) is 46.2 Å². The zero-order valence-corrected chi connectivity index (χ0v) is 11.9. The predicted octanol–water partition coefficient (Wildman–Crippen LogP) is 1.14. The Hall–Kier alpha value is -2.63. The van der Waals surface area contributed by atoms with Crippen molar-refractivity contribution in [1.29, 1.82) is 0 Å². The molecule has 6 nitrogen and oxygen atoms in total. The average Bonchev–Trinajstić information content (AvgIpc) is 2.90. The van der Waals surface area contributed by atoms with Crippen LogP contribution in [-0.4, -0.2) is 21.2 Å². The second kappa shape index (κ2) is 4.73. The molecule has 1 aromatic carbocycles. The number of carbonyl (C=O) groups excluding carboxylic acids is 2. The third-order valence-corrected chi connectivity index (χ3v) is 3.72. The van der Waals surface area contributed by atoms with Crippen molar-refractivity contribution in [2.24, 2.45) is 7.05 Å². The average molecular weight is 285 g/mol. The lowest BCUT2D eigenvalue weighted by Crippen LogP contribution is -2.31. The number of anilines is 1. The molecule has 1 aliphatic heterocycles. The van der Waals surface area contributed by atoms with Crippen LogP contribution in [0.4, 0.5) is 5.82 Å². The summed E-state index contributed by atoms with van der Waals surface area (Å²) in [5.41, 5.74) is 0.856. The normalized spacial score (nSPS) is 15.0. The summed E-state index contributed by atoms with van der Waals surface area (Å²) < 4.78 is 3.03. The molecule has 21 heavy (non-hydrogen) atoms. The van der Waals surface area contributed by atoms with Crippen LogP contribution in [-0.2, 0) is 16.6 Å². The van der Waals surface area contributed by atoms with Crippen molar-refractivity contribution in [1.82, 2.24) is 9.36 Å². The van der Waals surface area contributed by atoms with Crippen LogP contribution < -0.4 is 10.5 Å². The van der Waals surface area contributed by atoms with E-state index in [1.54, 1.807) is 30.8 Å². The maximum absolute atomic E-state index is 12.5. The highest BCUT2D eigenvalue weighted by atomic mass is 16.2. The molecule has 1 fully saturated rings. The van der Waals surface area contributed by atoms with Crippen LogP contribution in [0.25, 0.3) is 5.69 Å². The molecule has 6 heteroatoms. The molecule has 2 aromatic rings. The van der Waals surface area contributed by atoms with Gasteiger partial charge in [0.15, 0.2) is 0 Å². The molecule has 0 atom stereocenters. The van der Waals surface area contributed by atoms with E-state index in [1.165, 1.54) is 4.68 Å². The van der Waals surface area contributed by atoms with Gasteiger partial charge in [0, 0.05) is 19.9 Å². The van der Waals surface area contributed by atoms with Crippen LogP contribution in [0, 0.1) is 6.92 Å². The maximum atomic E-state index is 12.5.